The quantitative estimate of drug-likeness (QED) is 0.372. The fourth-order valence-corrected chi connectivity index (χ4v) is 5.98. The summed E-state index contributed by atoms with van der Waals surface area (Å²) in [4.78, 5) is 32.7. The summed E-state index contributed by atoms with van der Waals surface area (Å²) in [6.45, 7) is 9.78. The van der Waals surface area contributed by atoms with Crippen LogP contribution in [0.4, 0.5) is 5.13 Å². The Morgan fingerprint density at radius 3 is 2.24 bits per heavy atom. The van der Waals surface area contributed by atoms with Crippen molar-refractivity contribution in [3.8, 4) is 11.3 Å². The summed E-state index contributed by atoms with van der Waals surface area (Å²) in [7, 11) is 0. The molecule has 2 aromatic carbocycles. The standard InChI is InChI=1S/C29H33N3O4S/c1-6-35-26(33)22-18(3)31-29(5,24(27(34)36-7-2)23(22)20-14-10-8-11-15-20)32-28-30-25(19(4)37-28)21-16-12-9-13-17-21/h8-17,23-24,31H,6-7H2,1-5H3,(H,30,32). The molecule has 0 spiro atoms. The topological polar surface area (TPSA) is 89.5 Å². The molecule has 4 rings (SSSR count). The molecule has 2 N–H and O–H groups in total. The Bertz CT molecular complexity index is 1290. The molecule has 0 saturated heterocycles. The monoisotopic (exact) mass is 519 g/mol. The van der Waals surface area contributed by atoms with Gasteiger partial charge in [0.05, 0.1) is 24.5 Å². The van der Waals surface area contributed by atoms with Crippen molar-refractivity contribution in [1.82, 2.24) is 10.3 Å². The molecule has 8 heteroatoms. The number of hydrogen-bond acceptors (Lipinski definition) is 8. The number of rotatable bonds is 8. The van der Waals surface area contributed by atoms with Crippen LogP contribution in [0, 0.1) is 12.8 Å². The largest absolute Gasteiger partial charge is 0.466 e. The summed E-state index contributed by atoms with van der Waals surface area (Å²) in [5, 5.41) is 7.60. The predicted octanol–water partition coefficient (Wildman–Crippen LogP) is 5.65. The Morgan fingerprint density at radius 1 is 1.00 bits per heavy atom. The van der Waals surface area contributed by atoms with E-state index in [0.29, 0.717) is 16.4 Å². The van der Waals surface area contributed by atoms with Crippen LogP contribution >= 0.6 is 11.3 Å². The number of carbonyl (C=O) groups is 2. The van der Waals surface area contributed by atoms with Gasteiger partial charge in [0.1, 0.15) is 11.6 Å². The lowest BCUT2D eigenvalue weighted by molar-refractivity contribution is -0.152. The lowest BCUT2D eigenvalue weighted by Gasteiger charge is -2.46. The molecule has 194 valence electrons. The number of anilines is 1. The van der Waals surface area contributed by atoms with Gasteiger partial charge in [0.15, 0.2) is 5.13 Å². The molecule has 0 fully saturated rings. The number of aryl methyl sites for hydroxylation is 1. The fraction of sp³-hybridized carbons (Fsp3) is 0.345. The zero-order valence-corrected chi connectivity index (χ0v) is 22.6. The highest BCUT2D eigenvalue weighted by atomic mass is 32.1. The molecule has 0 amide bonds. The average Bonchev–Trinajstić information content (AvgIpc) is 3.23. The van der Waals surface area contributed by atoms with Crippen LogP contribution in [0.3, 0.4) is 0 Å². The van der Waals surface area contributed by atoms with Gasteiger partial charge in [-0.3, -0.25) is 4.79 Å². The Labute approximate surface area is 221 Å². The molecule has 2 heterocycles. The SMILES string of the molecule is CCOC(=O)C1=C(C)NC(C)(Nc2nc(-c3ccccc3)c(C)s2)C(C(=O)OCC)C1c1ccccc1. The van der Waals surface area contributed by atoms with Crippen molar-refractivity contribution < 1.29 is 19.1 Å². The van der Waals surface area contributed by atoms with Gasteiger partial charge in [-0.2, -0.15) is 0 Å². The number of ether oxygens (including phenoxy) is 2. The summed E-state index contributed by atoms with van der Waals surface area (Å²) in [5.41, 5.74) is 2.79. The van der Waals surface area contributed by atoms with Crippen molar-refractivity contribution in [1.29, 1.82) is 0 Å². The van der Waals surface area contributed by atoms with Crippen molar-refractivity contribution >= 4 is 28.4 Å². The molecule has 1 aliphatic rings. The maximum absolute atomic E-state index is 13.6. The molecule has 1 aliphatic heterocycles. The smallest absolute Gasteiger partial charge is 0.336 e. The fourth-order valence-electron chi connectivity index (χ4n) is 5.02. The molecular weight excluding hydrogens is 486 g/mol. The van der Waals surface area contributed by atoms with Gasteiger partial charge >= 0.3 is 11.9 Å². The van der Waals surface area contributed by atoms with Gasteiger partial charge in [-0.1, -0.05) is 60.7 Å². The Morgan fingerprint density at radius 2 is 1.62 bits per heavy atom. The highest BCUT2D eigenvalue weighted by molar-refractivity contribution is 7.16. The summed E-state index contributed by atoms with van der Waals surface area (Å²) in [5.74, 6) is -2.24. The van der Waals surface area contributed by atoms with Gasteiger partial charge in [0.25, 0.3) is 0 Å². The lowest BCUT2D eigenvalue weighted by Crippen LogP contribution is -2.62. The van der Waals surface area contributed by atoms with E-state index in [-0.39, 0.29) is 13.2 Å². The number of hydrogen-bond donors (Lipinski definition) is 2. The number of aromatic nitrogens is 1. The number of nitrogens with zero attached hydrogens (tertiary/aromatic N) is 1. The predicted molar refractivity (Wildman–Crippen MR) is 146 cm³/mol. The second-order valence-electron chi connectivity index (χ2n) is 9.12. The number of benzene rings is 2. The van der Waals surface area contributed by atoms with Crippen LogP contribution in [0.25, 0.3) is 11.3 Å². The summed E-state index contributed by atoms with van der Waals surface area (Å²) >= 11 is 1.52. The van der Waals surface area contributed by atoms with E-state index in [4.69, 9.17) is 14.5 Å². The molecule has 3 aromatic rings. The van der Waals surface area contributed by atoms with Crippen LogP contribution in [0.15, 0.2) is 71.9 Å². The second kappa shape index (κ2) is 11.2. The van der Waals surface area contributed by atoms with Gasteiger partial charge < -0.3 is 20.1 Å². The third kappa shape index (κ3) is 5.39. The Hall–Kier alpha value is -3.65. The van der Waals surface area contributed by atoms with Crippen molar-refractivity contribution in [2.24, 2.45) is 5.92 Å². The van der Waals surface area contributed by atoms with Crippen molar-refractivity contribution in [3.63, 3.8) is 0 Å². The Balaban J connectivity index is 1.83. The van der Waals surface area contributed by atoms with Crippen molar-refractivity contribution in [2.45, 2.75) is 46.2 Å². The second-order valence-corrected chi connectivity index (χ2v) is 10.3. The number of thiazole rings is 1. The summed E-state index contributed by atoms with van der Waals surface area (Å²) < 4.78 is 11.0. The van der Waals surface area contributed by atoms with E-state index in [1.807, 2.05) is 81.4 Å². The van der Waals surface area contributed by atoms with Crippen LogP contribution in [0.2, 0.25) is 0 Å². The minimum absolute atomic E-state index is 0.221. The van der Waals surface area contributed by atoms with Gasteiger partial charge in [0.2, 0.25) is 0 Å². The molecule has 0 saturated carbocycles. The van der Waals surface area contributed by atoms with Crippen LogP contribution in [0.1, 0.15) is 44.1 Å². The van der Waals surface area contributed by atoms with E-state index in [2.05, 4.69) is 10.6 Å². The van der Waals surface area contributed by atoms with E-state index >= 15 is 0 Å². The first kappa shape index (κ1) is 26.4. The van der Waals surface area contributed by atoms with Crippen LogP contribution < -0.4 is 10.6 Å². The van der Waals surface area contributed by atoms with E-state index in [1.54, 1.807) is 13.8 Å². The maximum atomic E-state index is 13.6. The first-order valence-corrected chi connectivity index (χ1v) is 13.3. The molecule has 37 heavy (non-hydrogen) atoms. The van der Waals surface area contributed by atoms with E-state index in [9.17, 15) is 9.59 Å². The molecule has 3 unspecified atom stereocenters. The highest BCUT2D eigenvalue weighted by Gasteiger charge is 2.53. The minimum atomic E-state index is -1.01. The molecular formula is C29H33N3O4S. The number of allylic oxidation sites excluding steroid dienone is 1. The first-order valence-electron chi connectivity index (χ1n) is 12.5. The van der Waals surface area contributed by atoms with E-state index in [1.165, 1.54) is 11.3 Å². The Kier molecular flexibility index (Phi) is 7.97. The summed E-state index contributed by atoms with van der Waals surface area (Å²) in [6.07, 6.45) is 0. The number of carbonyl (C=O) groups excluding carboxylic acids is 2. The van der Waals surface area contributed by atoms with Crippen LogP contribution in [0.5, 0.6) is 0 Å². The van der Waals surface area contributed by atoms with Gasteiger partial charge in [-0.05, 0) is 40.2 Å². The maximum Gasteiger partial charge on any atom is 0.336 e. The van der Waals surface area contributed by atoms with E-state index in [0.717, 1.165) is 21.7 Å². The molecule has 0 bridgehead atoms. The van der Waals surface area contributed by atoms with E-state index < -0.39 is 29.4 Å². The highest BCUT2D eigenvalue weighted by Crippen LogP contribution is 2.45. The molecule has 0 radical (unpaired) electrons. The number of nitrogens with one attached hydrogen (secondary N) is 2. The van der Waals surface area contributed by atoms with Gasteiger partial charge in [-0.25, -0.2) is 9.78 Å². The third-order valence-corrected chi connectivity index (χ3v) is 7.41. The number of esters is 2. The lowest BCUT2D eigenvalue weighted by atomic mass is 9.71. The zero-order valence-electron chi connectivity index (χ0n) is 21.8. The summed E-state index contributed by atoms with van der Waals surface area (Å²) in [6, 6.07) is 19.6. The van der Waals surface area contributed by atoms with Crippen molar-refractivity contribution in [2.75, 3.05) is 18.5 Å². The molecule has 3 atom stereocenters. The first-order chi connectivity index (χ1) is 17.8. The molecule has 1 aromatic heterocycles. The average molecular weight is 520 g/mol. The normalized spacial score (nSPS) is 21.2. The molecule has 0 aliphatic carbocycles. The zero-order chi connectivity index (χ0) is 26.6. The minimum Gasteiger partial charge on any atom is -0.466 e. The van der Waals surface area contributed by atoms with Crippen molar-refractivity contribution in [3.05, 3.63) is 82.4 Å². The van der Waals surface area contributed by atoms with Gasteiger partial charge in [-0.15, -0.1) is 11.3 Å². The van der Waals surface area contributed by atoms with Gasteiger partial charge in [0, 0.05) is 22.1 Å². The van der Waals surface area contributed by atoms with Crippen LogP contribution in [-0.4, -0.2) is 35.8 Å². The molecule has 7 nitrogen and oxygen atoms in total. The van der Waals surface area contributed by atoms with Crippen LogP contribution in [-0.2, 0) is 19.1 Å². The third-order valence-electron chi connectivity index (χ3n) is 6.52.